The number of dihydropyridines is 1. The molecular weight excluding hydrogens is 394 g/mol. The third kappa shape index (κ3) is 4.53. The Morgan fingerprint density at radius 1 is 1.29 bits per heavy atom. The summed E-state index contributed by atoms with van der Waals surface area (Å²) in [4.78, 5) is 26.3. The third-order valence-corrected chi connectivity index (χ3v) is 5.61. The van der Waals surface area contributed by atoms with Crippen molar-refractivity contribution in [3.05, 3.63) is 59.0 Å². The predicted octanol–water partition coefficient (Wildman–Crippen LogP) is 4.43. The summed E-state index contributed by atoms with van der Waals surface area (Å²) in [5, 5.41) is 3.33. The lowest BCUT2D eigenvalue weighted by Gasteiger charge is -2.39. The van der Waals surface area contributed by atoms with Crippen molar-refractivity contribution in [2.45, 2.75) is 46.5 Å². The molecule has 0 bridgehead atoms. The molecule has 1 aliphatic carbocycles. The van der Waals surface area contributed by atoms with Crippen molar-refractivity contribution in [1.82, 2.24) is 5.32 Å². The van der Waals surface area contributed by atoms with Crippen LogP contribution in [0.2, 0.25) is 0 Å². The second kappa shape index (κ2) is 9.00. The second-order valence-electron chi connectivity index (χ2n) is 8.66. The molecule has 0 unspecified atom stereocenters. The Morgan fingerprint density at radius 2 is 2.03 bits per heavy atom. The number of ether oxygens (including phenoxy) is 3. The number of nitrogens with one attached hydrogen (secondary N) is 1. The van der Waals surface area contributed by atoms with Gasteiger partial charge in [-0.2, -0.15) is 0 Å². The van der Waals surface area contributed by atoms with Crippen molar-refractivity contribution in [1.29, 1.82) is 0 Å². The van der Waals surface area contributed by atoms with E-state index in [1.54, 1.807) is 7.11 Å². The summed E-state index contributed by atoms with van der Waals surface area (Å²) >= 11 is 0. The first-order valence-corrected chi connectivity index (χ1v) is 10.5. The number of carbonyl (C=O) groups excluding carboxylic acids is 2. The Morgan fingerprint density at radius 3 is 2.68 bits per heavy atom. The summed E-state index contributed by atoms with van der Waals surface area (Å²) < 4.78 is 16.6. The van der Waals surface area contributed by atoms with E-state index in [2.05, 4.69) is 25.7 Å². The van der Waals surface area contributed by atoms with E-state index in [1.165, 1.54) is 6.08 Å². The standard InChI is InChI=1S/C25H31NO5/c1-7-11-31-24(28)21-15(3)26-17-13-25(4,5)14-18(27)23(17)22(21)16-9-10-19(30-8-2)20(12-16)29-6/h7,9-10,12,22,26H,1,8,11,13-14H2,2-6H3/t22-/m0/s1. The summed E-state index contributed by atoms with van der Waals surface area (Å²) in [6.45, 7) is 12.1. The lowest BCUT2D eigenvalue weighted by Crippen LogP contribution is -2.38. The summed E-state index contributed by atoms with van der Waals surface area (Å²) in [6, 6.07) is 5.54. The zero-order valence-corrected chi connectivity index (χ0v) is 19.0. The van der Waals surface area contributed by atoms with Gasteiger partial charge in [0.1, 0.15) is 6.61 Å². The summed E-state index contributed by atoms with van der Waals surface area (Å²) in [5.74, 6) is 0.205. The van der Waals surface area contributed by atoms with Crippen LogP contribution in [0.1, 0.15) is 52.0 Å². The van der Waals surface area contributed by atoms with Crippen LogP contribution in [0.4, 0.5) is 0 Å². The lowest BCUT2D eigenvalue weighted by atomic mass is 9.68. The van der Waals surface area contributed by atoms with Crippen LogP contribution in [0.5, 0.6) is 11.5 Å². The van der Waals surface area contributed by atoms with Gasteiger partial charge in [-0.15, -0.1) is 0 Å². The van der Waals surface area contributed by atoms with E-state index in [0.29, 0.717) is 41.4 Å². The van der Waals surface area contributed by atoms with Gasteiger partial charge in [0.15, 0.2) is 17.3 Å². The zero-order chi connectivity index (χ0) is 22.8. The number of rotatable bonds is 7. The lowest BCUT2D eigenvalue weighted by molar-refractivity contribution is -0.138. The molecular formula is C25H31NO5. The largest absolute Gasteiger partial charge is 0.493 e. The van der Waals surface area contributed by atoms with Crippen LogP contribution in [-0.2, 0) is 14.3 Å². The Kier molecular flexibility index (Phi) is 6.58. The SMILES string of the molecule is C=CCOC(=O)C1=C(C)NC2=C(C(=O)CC(C)(C)C2)[C@H]1c1ccc(OCC)c(OC)c1. The van der Waals surface area contributed by atoms with E-state index in [-0.39, 0.29) is 17.8 Å². The Bertz CT molecular complexity index is 970. The summed E-state index contributed by atoms with van der Waals surface area (Å²) in [5.41, 5.74) is 3.26. The van der Waals surface area contributed by atoms with Crippen LogP contribution >= 0.6 is 0 Å². The molecule has 3 rings (SSSR count). The predicted molar refractivity (Wildman–Crippen MR) is 119 cm³/mol. The van der Waals surface area contributed by atoms with E-state index >= 15 is 0 Å². The highest BCUT2D eigenvalue weighted by atomic mass is 16.5. The Labute approximate surface area is 183 Å². The molecule has 1 aromatic rings. The van der Waals surface area contributed by atoms with Gasteiger partial charge >= 0.3 is 5.97 Å². The molecule has 0 amide bonds. The molecule has 0 fully saturated rings. The van der Waals surface area contributed by atoms with Crippen LogP contribution < -0.4 is 14.8 Å². The molecule has 6 nitrogen and oxygen atoms in total. The highest BCUT2D eigenvalue weighted by molar-refractivity contribution is 6.04. The van der Waals surface area contributed by atoms with E-state index in [0.717, 1.165) is 17.7 Å². The maximum absolute atomic E-state index is 13.3. The van der Waals surface area contributed by atoms with Gasteiger partial charge in [-0.1, -0.05) is 32.6 Å². The quantitative estimate of drug-likeness (QED) is 0.515. The van der Waals surface area contributed by atoms with Gasteiger partial charge in [0.2, 0.25) is 0 Å². The van der Waals surface area contributed by atoms with Gasteiger partial charge < -0.3 is 19.5 Å². The van der Waals surface area contributed by atoms with Gasteiger partial charge in [-0.25, -0.2) is 4.79 Å². The molecule has 6 heteroatoms. The van der Waals surface area contributed by atoms with Crippen LogP contribution in [0.25, 0.3) is 0 Å². The van der Waals surface area contributed by atoms with Gasteiger partial charge in [0.05, 0.1) is 19.3 Å². The van der Waals surface area contributed by atoms with E-state index < -0.39 is 11.9 Å². The smallest absolute Gasteiger partial charge is 0.337 e. The van der Waals surface area contributed by atoms with E-state index in [9.17, 15) is 9.59 Å². The molecule has 0 radical (unpaired) electrons. The number of methoxy groups -OCH3 is 1. The highest BCUT2D eigenvalue weighted by Gasteiger charge is 2.43. The first-order chi connectivity index (χ1) is 14.7. The van der Waals surface area contributed by atoms with Crippen molar-refractivity contribution >= 4 is 11.8 Å². The van der Waals surface area contributed by atoms with Crippen molar-refractivity contribution < 1.29 is 23.8 Å². The van der Waals surface area contributed by atoms with Crippen molar-refractivity contribution in [3.8, 4) is 11.5 Å². The van der Waals surface area contributed by atoms with E-state index in [4.69, 9.17) is 14.2 Å². The number of allylic oxidation sites excluding steroid dienone is 3. The molecule has 0 aromatic heterocycles. The van der Waals surface area contributed by atoms with Crippen LogP contribution in [-0.4, -0.2) is 32.1 Å². The van der Waals surface area contributed by atoms with Crippen molar-refractivity contribution in [2.24, 2.45) is 5.41 Å². The van der Waals surface area contributed by atoms with E-state index in [1.807, 2.05) is 32.0 Å². The molecule has 31 heavy (non-hydrogen) atoms. The number of hydrogen-bond donors (Lipinski definition) is 1. The molecule has 2 aliphatic rings. The van der Waals surface area contributed by atoms with Gasteiger partial charge in [0, 0.05) is 29.3 Å². The molecule has 0 spiro atoms. The molecule has 1 heterocycles. The van der Waals surface area contributed by atoms with Crippen LogP contribution in [0, 0.1) is 5.41 Å². The topological polar surface area (TPSA) is 73.9 Å². The number of Topliss-reactive ketones (excluding diaryl/α,β-unsaturated/α-hetero) is 1. The fraction of sp³-hybridized carbons (Fsp3) is 0.440. The van der Waals surface area contributed by atoms with Crippen LogP contribution in [0.3, 0.4) is 0 Å². The molecule has 1 aliphatic heterocycles. The molecule has 166 valence electrons. The van der Waals surface area contributed by atoms with Crippen LogP contribution in [0.15, 0.2) is 53.4 Å². The Hall–Kier alpha value is -3.02. The molecule has 1 N–H and O–H groups in total. The zero-order valence-electron chi connectivity index (χ0n) is 19.0. The monoisotopic (exact) mass is 425 g/mol. The number of benzene rings is 1. The van der Waals surface area contributed by atoms with Crippen molar-refractivity contribution in [2.75, 3.05) is 20.3 Å². The molecule has 0 saturated heterocycles. The first-order valence-electron chi connectivity index (χ1n) is 10.5. The minimum atomic E-state index is -0.540. The maximum Gasteiger partial charge on any atom is 0.337 e. The normalized spacial score (nSPS) is 20.0. The molecule has 1 atom stereocenters. The summed E-state index contributed by atoms with van der Waals surface area (Å²) in [7, 11) is 1.57. The Balaban J connectivity index is 2.17. The minimum Gasteiger partial charge on any atom is -0.493 e. The average molecular weight is 426 g/mol. The molecule has 0 saturated carbocycles. The highest BCUT2D eigenvalue weighted by Crippen LogP contribution is 2.47. The number of esters is 1. The fourth-order valence-corrected chi connectivity index (χ4v) is 4.39. The first kappa shape index (κ1) is 22.7. The average Bonchev–Trinajstić information content (AvgIpc) is 2.70. The molecule has 1 aromatic carbocycles. The number of hydrogen-bond acceptors (Lipinski definition) is 6. The number of carbonyl (C=O) groups is 2. The minimum absolute atomic E-state index is 0.0399. The van der Waals surface area contributed by atoms with Gasteiger partial charge in [-0.05, 0) is 43.4 Å². The third-order valence-electron chi connectivity index (χ3n) is 5.61. The second-order valence-corrected chi connectivity index (χ2v) is 8.66. The van der Waals surface area contributed by atoms with Gasteiger partial charge in [0.25, 0.3) is 0 Å². The van der Waals surface area contributed by atoms with Gasteiger partial charge in [-0.3, -0.25) is 4.79 Å². The number of ketones is 1. The van der Waals surface area contributed by atoms with Crippen molar-refractivity contribution in [3.63, 3.8) is 0 Å². The maximum atomic E-state index is 13.3. The summed E-state index contributed by atoms with van der Waals surface area (Å²) in [6.07, 6.45) is 2.68. The fourth-order valence-electron chi connectivity index (χ4n) is 4.39.